The normalized spacial score (nSPS) is 11.5. The molecular formula is C15H17ClN2O. The molecule has 0 saturated carbocycles. The average Bonchev–Trinajstić information content (AvgIpc) is 2.44. The lowest BCUT2D eigenvalue weighted by molar-refractivity contribution is 0.0941. The molecule has 0 bridgehead atoms. The summed E-state index contributed by atoms with van der Waals surface area (Å²) in [5.74, 6) is 0.392. The van der Waals surface area contributed by atoms with Crippen LogP contribution in [0.5, 0.6) is 0 Å². The third-order valence-electron chi connectivity index (χ3n) is 2.97. The van der Waals surface area contributed by atoms with E-state index in [2.05, 4.69) is 10.3 Å². The highest BCUT2D eigenvalue weighted by Gasteiger charge is 2.18. The summed E-state index contributed by atoms with van der Waals surface area (Å²) < 4.78 is 0. The zero-order chi connectivity index (χ0) is 13.9. The molecule has 1 heterocycles. The van der Waals surface area contributed by atoms with Gasteiger partial charge < -0.3 is 5.32 Å². The summed E-state index contributed by atoms with van der Waals surface area (Å²) >= 11 is 5.85. The minimum atomic E-state index is -0.116. The van der Waals surface area contributed by atoms with Crippen LogP contribution in [0.25, 0.3) is 10.9 Å². The molecule has 19 heavy (non-hydrogen) atoms. The number of hydrogen-bond acceptors (Lipinski definition) is 2. The Bertz CT molecular complexity index is 590. The molecule has 0 radical (unpaired) electrons. The highest BCUT2D eigenvalue weighted by molar-refractivity contribution is 6.18. The number of carbonyl (C=O) groups excluding carboxylic acids is 1. The van der Waals surface area contributed by atoms with E-state index in [0.29, 0.717) is 18.0 Å². The molecule has 0 spiro atoms. The summed E-state index contributed by atoms with van der Waals surface area (Å²) in [7, 11) is 0. The quantitative estimate of drug-likeness (QED) is 0.871. The van der Waals surface area contributed by atoms with Crippen molar-refractivity contribution >= 4 is 28.4 Å². The Labute approximate surface area is 118 Å². The first-order valence-electron chi connectivity index (χ1n) is 6.21. The number of para-hydroxylation sites is 1. The fourth-order valence-corrected chi connectivity index (χ4v) is 1.84. The smallest absolute Gasteiger partial charge is 0.253 e. The number of aromatic nitrogens is 1. The standard InChI is InChI=1S/C15H17ClN2O/c1-15(2,9-16)10-18-14(19)12-7-3-5-11-6-4-8-17-13(11)12/h3-8H,9-10H2,1-2H3,(H,18,19). The first kappa shape index (κ1) is 13.8. The molecule has 1 aromatic carbocycles. The van der Waals surface area contributed by atoms with Crippen molar-refractivity contribution < 1.29 is 4.79 Å². The third-order valence-corrected chi connectivity index (χ3v) is 3.69. The van der Waals surface area contributed by atoms with Crippen LogP contribution in [0, 0.1) is 5.41 Å². The van der Waals surface area contributed by atoms with Gasteiger partial charge in [-0.05, 0) is 17.5 Å². The number of fused-ring (bicyclic) bond motifs is 1. The molecule has 2 aromatic rings. The minimum Gasteiger partial charge on any atom is -0.351 e. The zero-order valence-corrected chi connectivity index (χ0v) is 11.9. The first-order chi connectivity index (χ1) is 9.03. The molecule has 0 aliphatic carbocycles. The maximum atomic E-state index is 12.2. The molecule has 0 unspecified atom stereocenters. The van der Waals surface area contributed by atoms with Crippen LogP contribution in [0.15, 0.2) is 36.5 Å². The molecule has 0 aliphatic rings. The SMILES string of the molecule is CC(C)(CCl)CNC(=O)c1cccc2cccnc12. The number of benzene rings is 1. The molecule has 100 valence electrons. The third kappa shape index (κ3) is 3.24. The van der Waals surface area contributed by atoms with Crippen LogP contribution in [0.1, 0.15) is 24.2 Å². The van der Waals surface area contributed by atoms with Gasteiger partial charge in [0.25, 0.3) is 5.91 Å². The van der Waals surface area contributed by atoms with E-state index in [1.54, 1.807) is 12.3 Å². The van der Waals surface area contributed by atoms with Crippen LogP contribution >= 0.6 is 11.6 Å². The van der Waals surface area contributed by atoms with E-state index in [9.17, 15) is 4.79 Å². The number of nitrogens with one attached hydrogen (secondary N) is 1. The predicted octanol–water partition coefficient (Wildman–Crippen LogP) is 3.23. The zero-order valence-electron chi connectivity index (χ0n) is 11.1. The van der Waals surface area contributed by atoms with Gasteiger partial charge in [0, 0.05) is 24.0 Å². The van der Waals surface area contributed by atoms with Crippen LogP contribution < -0.4 is 5.32 Å². The molecule has 4 heteroatoms. The molecule has 2 rings (SSSR count). The van der Waals surface area contributed by atoms with Gasteiger partial charge in [-0.15, -0.1) is 11.6 Å². The number of rotatable bonds is 4. The summed E-state index contributed by atoms with van der Waals surface area (Å²) in [6.07, 6.45) is 1.70. The number of halogens is 1. The van der Waals surface area contributed by atoms with Crippen LogP contribution in [0.4, 0.5) is 0 Å². The maximum absolute atomic E-state index is 12.2. The van der Waals surface area contributed by atoms with Gasteiger partial charge >= 0.3 is 0 Å². The van der Waals surface area contributed by atoms with Crippen LogP contribution in [0.3, 0.4) is 0 Å². The molecule has 0 aliphatic heterocycles. The van der Waals surface area contributed by atoms with Gasteiger partial charge in [-0.2, -0.15) is 0 Å². The Kier molecular flexibility index (Phi) is 4.05. The van der Waals surface area contributed by atoms with E-state index in [4.69, 9.17) is 11.6 Å². The lowest BCUT2D eigenvalue weighted by Crippen LogP contribution is -2.35. The van der Waals surface area contributed by atoms with Crippen molar-refractivity contribution in [1.29, 1.82) is 0 Å². The van der Waals surface area contributed by atoms with Gasteiger partial charge in [-0.25, -0.2) is 0 Å². The summed E-state index contributed by atoms with van der Waals surface area (Å²) in [6.45, 7) is 4.57. The van der Waals surface area contributed by atoms with Crippen molar-refractivity contribution in [3.8, 4) is 0 Å². The molecule has 0 saturated heterocycles. The molecule has 1 N–H and O–H groups in total. The minimum absolute atomic E-state index is 0.109. The van der Waals surface area contributed by atoms with Gasteiger partial charge in [0.1, 0.15) is 0 Å². The van der Waals surface area contributed by atoms with E-state index in [-0.39, 0.29) is 11.3 Å². The van der Waals surface area contributed by atoms with E-state index in [0.717, 1.165) is 10.9 Å². The summed E-state index contributed by atoms with van der Waals surface area (Å²) in [4.78, 5) is 16.5. The monoisotopic (exact) mass is 276 g/mol. The number of carbonyl (C=O) groups is 1. The van der Waals surface area contributed by atoms with Gasteiger partial charge in [0.15, 0.2) is 0 Å². The van der Waals surface area contributed by atoms with E-state index >= 15 is 0 Å². The second-order valence-corrected chi connectivity index (χ2v) is 5.63. The highest BCUT2D eigenvalue weighted by atomic mass is 35.5. The van der Waals surface area contributed by atoms with Crippen molar-refractivity contribution in [2.75, 3.05) is 12.4 Å². The number of amides is 1. The van der Waals surface area contributed by atoms with Crippen molar-refractivity contribution in [1.82, 2.24) is 10.3 Å². The second kappa shape index (κ2) is 5.57. The number of pyridine rings is 1. The molecule has 1 amide bonds. The number of hydrogen-bond donors (Lipinski definition) is 1. The Morgan fingerprint density at radius 3 is 2.79 bits per heavy atom. The molecular weight excluding hydrogens is 260 g/mol. The fourth-order valence-electron chi connectivity index (χ4n) is 1.75. The lowest BCUT2D eigenvalue weighted by Gasteiger charge is -2.21. The highest BCUT2D eigenvalue weighted by Crippen LogP contribution is 2.18. The molecule has 3 nitrogen and oxygen atoms in total. The molecule has 0 atom stereocenters. The van der Waals surface area contributed by atoms with Crippen LogP contribution in [-0.4, -0.2) is 23.3 Å². The second-order valence-electron chi connectivity index (χ2n) is 5.36. The summed E-state index contributed by atoms with van der Waals surface area (Å²) in [5.41, 5.74) is 1.21. The largest absolute Gasteiger partial charge is 0.351 e. The average molecular weight is 277 g/mol. The van der Waals surface area contributed by atoms with Gasteiger partial charge in [0.2, 0.25) is 0 Å². The van der Waals surface area contributed by atoms with Crippen molar-refractivity contribution in [2.24, 2.45) is 5.41 Å². The Balaban J connectivity index is 2.23. The number of alkyl halides is 1. The van der Waals surface area contributed by atoms with E-state index in [1.165, 1.54) is 0 Å². The van der Waals surface area contributed by atoms with Crippen LogP contribution in [-0.2, 0) is 0 Å². The van der Waals surface area contributed by atoms with Crippen molar-refractivity contribution in [2.45, 2.75) is 13.8 Å². The Morgan fingerprint density at radius 1 is 1.32 bits per heavy atom. The first-order valence-corrected chi connectivity index (χ1v) is 6.75. The van der Waals surface area contributed by atoms with Crippen molar-refractivity contribution in [3.63, 3.8) is 0 Å². The Morgan fingerprint density at radius 2 is 2.05 bits per heavy atom. The fraction of sp³-hybridized carbons (Fsp3) is 0.333. The van der Waals surface area contributed by atoms with Gasteiger partial charge in [-0.1, -0.05) is 32.0 Å². The van der Waals surface area contributed by atoms with Gasteiger partial charge in [0.05, 0.1) is 11.1 Å². The Hall–Kier alpha value is -1.61. The van der Waals surface area contributed by atoms with E-state index in [1.807, 2.05) is 38.1 Å². The van der Waals surface area contributed by atoms with Crippen molar-refractivity contribution in [3.05, 3.63) is 42.1 Å². The topological polar surface area (TPSA) is 42.0 Å². The van der Waals surface area contributed by atoms with E-state index < -0.39 is 0 Å². The molecule has 1 aromatic heterocycles. The summed E-state index contributed by atoms with van der Waals surface area (Å²) in [5, 5.41) is 3.88. The predicted molar refractivity (Wildman–Crippen MR) is 78.6 cm³/mol. The molecule has 0 fully saturated rings. The van der Waals surface area contributed by atoms with Gasteiger partial charge in [-0.3, -0.25) is 9.78 Å². The lowest BCUT2D eigenvalue weighted by atomic mass is 9.96. The maximum Gasteiger partial charge on any atom is 0.253 e. The van der Waals surface area contributed by atoms with Crippen LogP contribution in [0.2, 0.25) is 0 Å². The summed E-state index contributed by atoms with van der Waals surface area (Å²) in [6, 6.07) is 9.41. The number of nitrogens with zero attached hydrogens (tertiary/aromatic N) is 1.